The summed E-state index contributed by atoms with van der Waals surface area (Å²) >= 11 is 0. The van der Waals surface area contributed by atoms with Crippen LogP contribution in [0.1, 0.15) is 16.7 Å². The maximum atomic E-state index is 8.94. The van der Waals surface area contributed by atoms with Crippen LogP contribution in [0.2, 0.25) is 0 Å². The summed E-state index contributed by atoms with van der Waals surface area (Å²) in [5, 5.41) is 8.94. The predicted molar refractivity (Wildman–Crippen MR) is 74.9 cm³/mol. The number of aryl methyl sites for hydroxylation is 2. The number of methoxy groups -OCH3 is 1. The number of hydrazine groups is 1. The summed E-state index contributed by atoms with van der Waals surface area (Å²) < 4.78 is 10.6. The largest absolute Gasteiger partial charge is 0.467 e. The Morgan fingerprint density at radius 2 is 1.76 bits per heavy atom. The summed E-state index contributed by atoms with van der Waals surface area (Å²) in [5.74, 6) is 5.98. The number of nitrogens with one attached hydrogen (secondary N) is 1. The average Bonchev–Trinajstić information content (AvgIpc) is 2.50. The summed E-state index contributed by atoms with van der Waals surface area (Å²) in [4.78, 5) is 11.9. The van der Waals surface area contributed by atoms with Gasteiger partial charge in [-0.1, -0.05) is 0 Å². The highest BCUT2D eigenvalue weighted by molar-refractivity contribution is 5.48. The van der Waals surface area contributed by atoms with Crippen molar-refractivity contribution < 1.29 is 9.47 Å². The first-order valence-electron chi connectivity index (χ1n) is 6.03. The SMILES string of the molecule is COc1nc(NN)nc(Oc2c(C)cc(C#N)cc2C)n1. The van der Waals surface area contributed by atoms with E-state index in [1.165, 1.54) is 7.11 Å². The third-order valence-electron chi connectivity index (χ3n) is 2.69. The third kappa shape index (κ3) is 3.16. The Morgan fingerprint density at radius 3 is 2.29 bits per heavy atom. The summed E-state index contributed by atoms with van der Waals surface area (Å²) in [7, 11) is 1.43. The molecule has 0 aliphatic carbocycles. The number of rotatable bonds is 4. The second kappa shape index (κ2) is 6.02. The number of nitrogens with two attached hydrogens (primary N) is 1. The van der Waals surface area contributed by atoms with E-state index in [1.54, 1.807) is 12.1 Å². The number of aromatic nitrogens is 3. The van der Waals surface area contributed by atoms with Crippen LogP contribution in [0.3, 0.4) is 0 Å². The predicted octanol–water partition coefficient (Wildman–Crippen LogP) is 1.45. The lowest BCUT2D eigenvalue weighted by atomic mass is 10.1. The molecule has 3 N–H and O–H groups in total. The lowest BCUT2D eigenvalue weighted by molar-refractivity contribution is 0.359. The van der Waals surface area contributed by atoms with Crippen LogP contribution in [-0.2, 0) is 0 Å². The molecular weight excluding hydrogens is 272 g/mol. The second-order valence-electron chi connectivity index (χ2n) is 4.23. The molecule has 8 heteroatoms. The van der Waals surface area contributed by atoms with Gasteiger partial charge >= 0.3 is 12.0 Å². The molecule has 0 atom stereocenters. The second-order valence-corrected chi connectivity index (χ2v) is 4.23. The Balaban J connectivity index is 2.41. The molecule has 0 unspecified atom stereocenters. The zero-order chi connectivity index (χ0) is 15.4. The van der Waals surface area contributed by atoms with Crippen LogP contribution >= 0.6 is 0 Å². The monoisotopic (exact) mass is 286 g/mol. The van der Waals surface area contributed by atoms with E-state index in [9.17, 15) is 0 Å². The first-order chi connectivity index (χ1) is 10.1. The first kappa shape index (κ1) is 14.5. The molecular formula is C13H14N6O2. The van der Waals surface area contributed by atoms with Crippen molar-refractivity contribution in [2.24, 2.45) is 5.84 Å². The van der Waals surface area contributed by atoms with E-state index < -0.39 is 0 Å². The van der Waals surface area contributed by atoms with Crippen molar-refractivity contribution in [1.82, 2.24) is 15.0 Å². The molecule has 2 aromatic rings. The minimum atomic E-state index is 0.0470. The smallest absolute Gasteiger partial charge is 0.330 e. The molecule has 0 spiro atoms. The number of nitrogens with zero attached hydrogens (tertiary/aromatic N) is 4. The summed E-state index contributed by atoms with van der Waals surface area (Å²) in [6.07, 6.45) is 0. The van der Waals surface area contributed by atoms with Crippen molar-refractivity contribution in [2.75, 3.05) is 12.5 Å². The average molecular weight is 286 g/mol. The molecule has 2 rings (SSSR count). The molecule has 8 nitrogen and oxygen atoms in total. The summed E-state index contributed by atoms with van der Waals surface area (Å²) in [5.41, 5.74) is 4.47. The molecule has 0 radical (unpaired) electrons. The highest BCUT2D eigenvalue weighted by Crippen LogP contribution is 2.28. The fourth-order valence-electron chi connectivity index (χ4n) is 1.81. The topological polar surface area (TPSA) is 119 Å². The number of benzene rings is 1. The van der Waals surface area contributed by atoms with E-state index in [4.69, 9.17) is 20.6 Å². The highest BCUT2D eigenvalue weighted by atomic mass is 16.5. The van der Waals surface area contributed by atoms with Gasteiger partial charge in [0.1, 0.15) is 5.75 Å². The summed E-state index contributed by atoms with van der Waals surface area (Å²) in [6.45, 7) is 3.67. The van der Waals surface area contributed by atoms with E-state index in [1.807, 2.05) is 13.8 Å². The van der Waals surface area contributed by atoms with Crippen molar-refractivity contribution >= 4 is 5.95 Å². The Kier molecular flexibility index (Phi) is 4.15. The number of nitriles is 1. The van der Waals surface area contributed by atoms with Gasteiger partial charge in [-0.15, -0.1) is 4.98 Å². The molecule has 1 heterocycles. The Labute approximate surface area is 121 Å². The molecule has 0 saturated carbocycles. The van der Waals surface area contributed by atoms with Crippen molar-refractivity contribution in [2.45, 2.75) is 13.8 Å². The lowest BCUT2D eigenvalue weighted by Gasteiger charge is -2.11. The molecule has 0 saturated heterocycles. The third-order valence-corrected chi connectivity index (χ3v) is 2.69. The Hall–Kier alpha value is -2.92. The fraction of sp³-hybridized carbons (Fsp3) is 0.231. The van der Waals surface area contributed by atoms with Crippen LogP contribution in [0.25, 0.3) is 0 Å². The standard InChI is InChI=1S/C13H14N6O2/c1-7-4-9(6-14)5-8(2)10(7)21-13-17-11(19-15)16-12(18-13)20-3/h4-5H,15H2,1-3H3,(H,16,17,18,19). The Bertz CT molecular complexity index is 665. The van der Waals surface area contributed by atoms with Gasteiger partial charge in [-0.25, -0.2) is 5.84 Å². The van der Waals surface area contributed by atoms with Gasteiger partial charge in [0.2, 0.25) is 5.95 Å². The molecule has 0 fully saturated rings. The van der Waals surface area contributed by atoms with Gasteiger partial charge in [0.15, 0.2) is 0 Å². The van der Waals surface area contributed by atoms with Crippen molar-refractivity contribution in [1.29, 1.82) is 5.26 Å². The molecule has 21 heavy (non-hydrogen) atoms. The van der Waals surface area contributed by atoms with Crippen LogP contribution in [0.5, 0.6) is 17.8 Å². The molecule has 1 aromatic carbocycles. The van der Waals surface area contributed by atoms with Gasteiger partial charge in [-0.2, -0.15) is 15.2 Å². The number of hydrogen-bond acceptors (Lipinski definition) is 8. The van der Waals surface area contributed by atoms with Crippen LogP contribution < -0.4 is 20.7 Å². The quantitative estimate of drug-likeness (QED) is 0.640. The maximum Gasteiger partial charge on any atom is 0.330 e. The Morgan fingerprint density at radius 1 is 1.14 bits per heavy atom. The molecule has 0 aliphatic rings. The van der Waals surface area contributed by atoms with Crippen molar-refractivity contribution in [3.8, 4) is 23.8 Å². The van der Waals surface area contributed by atoms with Gasteiger partial charge < -0.3 is 9.47 Å². The van der Waals surface area contributed by atoms with Crippen LogP contribution in [0.4, 0.5) is 5.95 Å². The number of anilines is 1. The van der Waals surface area contributed by atoms with Crippen molar-refractivity contribution in [3.05, 3.63) is 28.8 Å². The fourth-order valence-corrected chi connectivity index (χ4v) is 1.81. The zero-order valence-electron chi connectivity index (χ0n) is 11.8. The van der Waals surface area contributed by atoms with Gasteiger partial charge in [0.05, 0.1) is 18.7 Å². The van der Waals surface area contributed by atoms with Gasteiger partial charge in [0, 0.05) is 0 Å². The minimum absolute atomic E-state index is 0.0470. The molecule has 1 aromatic heterocycles. The highest BCUT2D eigenvalue weighted by Gasteiger charge is 2.12. The van der Waals surface area contributed by atoms with E-state index in [-0.39, 0.29) is 18.0 Å². The van der Waals surface area contributed by atoms with Crippen molar-refractivity contribution in [3.63, 3.8) is 0 Å². The molecule has 108 valence electrons. The number of hydrogen-bond donors (Lipinski definition) is 2. The lowest BCUT2D eigenvalue weighted by Crippen LogP contribution is -2.12. The zero-order valence-corrected chi connectivity index (χ0v) is 11.8. The van der Waals surface area contributed by atoms with Gasteiger partial charge in [-0.3, -0.25) is 5.43 Å². The van der Waals surface area contributed by atoms with E-state index in [2.05, 4.69) is 26.4 Å². The van der Waals surface area contributed by atoms with Gasteiger partial charge in [0.25, 0.3) is 0 Å². The molecule has 0 amide bonds. The van der Waals surface area contributed by atoms with Crippen LogP contribution in [0, 0.1) is 25.2 Å². The summed E-state index contributed by atoms with van der Waals surface area (Å²) in [6, 6.07) is 5.67. The molecule has 0 aliphatic heterocycles. The number of nitrogen functional groups attached to an aromatic ring is 1. The number of ether oxygens (including phenoxy) is 2. The van der Waals surface area contributed by atoms with E-state index >= 15 is 0 Å². The first-order valence-corrected chi connectivity index (χ1v) is 6.03. The molecule has 0 bridgehead atoms. The minimum Gasteiger partial charge on any atom is -0.467 e. The van der Waals surface area contributed by atoms with Crippen LogP contribution in [0.15, 0.2) is 12.1 Å². The normalized spacial score (nSPS) is 9.86. The maximum absolute atomic E-state index is 8.94. The van der Waals surface area contributed by atoms with Gasteiger partial charge in [-0.05, 0) is 37.1 Å². The van der Waals surface area contributed by atoms with E-state index in [0.717, 1.165) is 11.1 Å². The van der Waals surface area contributed by atoms with E-state index in [0.29, 0.717) is 11.3 Å². The van der Waals surface area contributed by atoms with Crippen LogP contribution in [-0.4, -0.2) is 22.1 Å².